The zero-order valence-corrected chi connectivity index (χ0v) is 16.1. The molecule has 27 heavy (non-hydrogen) atoms. The van der Waals surface area contributed by atoms with Gasteiger partial charge in [0.1, 0.15) is 5.82 Å². The standard InChI is InChI=1S/C21H25FN2O2S/c22-18-8-4-5-9-20(18)27-15-10-21(25)23-16-19(17-6-2-1-3-7-17)24-11-13-26-14-12-24/h1-9,19H,10-16H2,(H,23,25). The van der Waals surface area contributed by atoms with Gasteiger partial charge in [-0.25, -0.2) is 4.39 Å². The molecule has 0 radical (unpaired) electrons. The smallest absolute Gasteiger partial charge is 0.220 e. The summed E-state index contributed by atoms with van der Waals surface area (Å²) < 4.78 is 19.1. The number of rotatable bonds is 8. The van der Waals surface area contributed by atoms with Crippen LogP contribution in [0.3, 0.4) is 0 Å². The molecule has 1 fully saturated rings. The van der Waals surface area contributed by atoms with Crippen LogP contribution in [0.15, 0.2) is 59.5 Å². The summed E-state index contributed by atoms with van der Waals surface area (Å²) in [6.45, 7) is 3.72. The number of carbonyl (C=O) groups is 1. The number of carbonyl (C=O) groups excluding carboxylic acids is 1. The number of morpholine rings is 1. The second kappa shape index (κ2) is 10.4. The highest BCUT2D eigenvalue weighted by Crippen LogP contribution is 2.23. The van der Waals surface area contributed by atoms with Gasteiger partial charge in [-0.3, -0.25) is 9.69 Å². The lowest BCUT2D eigenvalue weighted by Gasteiger charge is -2.35. The molecule has 2 aromatic carbocycles. The third kappa shape index (κ3) is 6.06. The topological polar surface area (TPSA) is 41.6 Å². The van der Waals surface area contributed by atoms with Crippen molar-refractivity contribution in [2.75, 3.05) is 38.6 Å². The van der Waals surface area contributed by atoms with E-state index < -0.39 is 0 Å². The van der Waals surface area contributed by atoms with Gasteiger partial charge in [0.15, 0.2) is 0 Å². The van der Waals surface area contributed by atoms with Gasteiger partial charge in [0.05, 0.1) is 19.3 Å². The Bertz CT molecular complexity index is 723. The Kier molecular flexibility index (Phi) is 7.68. The molecule has 6 heteroatoms. The third-order valence-corrected chi connectivity index (χ3v) is 5.64. The van der Waals surface area contributed by atoms with Crippen molar-refractivity contribution < 1.29 is 13.9 Å². The summed E-state index contributed by atoms with van der Waals surface area (Å²) in [6.07, 6.45) is 0.365. The van der Waals surface area contributed by atoms with Crippen LogP contribution in [-0.2, 0) is 9.53 Å². The Labute approximate surface area is 164 Å². The van der Waals surface area contributed by atoms with E-state index in [1.54, 1.807) is 18.2 Å². The van der Waals surface area contributed by atoms with Gasteiger partial charge in [-0.15, -0.1) is 11.8 Å². The predicted molar refractivity (Wildman–Crippen MR) is 106 cm³/mol. The molecule has 3 rings (SSSR count). The SMILES string of the molecule is O=C(CCSc1ccccc1F)NCC(c1ccccc1)N1CCOCC1. The maximum Gasteiger partial charge on any atom is 0.220 e. The first kappa shape index (κ1) is 19.9. The van der Waals surface area contributed by atoms with Crippen molar-refractivity contribution >= 4 is 17.7 Å². The Morgan fingerprint density at radius 1 is 1.11 bits per heavy atom. The molecule has 0 bridgehead atoms. The summed E-state index contributed by atoms with van der Waals surface area (Å²) in [6, 6.07) is 17.0. The molecule has 1 unspecified atom stereocenters. The van der Waals surface area contributed by atoms with Gasteiger partial charge in [0.25, 0.3) is 0 Å². The first-order valence-electron chi connectivity index (χ1n) is 9.25. The van der Waals surface area contributed by atoms with E-state index in [0.29, 0.717) is 23.6 Å². The minimum Gasteiger partial charge on any atom is -0.379 e. The van der Waals surface area contributed by atoms with Crippen LogP contribution in [-0.4, -0.2) is 49.4 Å². The van der Waals surface area contributed by atoms with Crippen LogP contribution in [0, 0.1) is 5.82 Å². The van der Waals surface area contributed by atoms with Crippen LogP contribution in [0.5, 0.6) is 0 Å². The zero-order valence-electron chi connectivity index (χ0n) is 15.3. The first-order valence-corrected chi connectivity index (χ1v) is 10.2. The van der Waals surface area contributed by atoms with Crippen LogP contribution in [0.4, 0.5) is 4.39 Å². The highest BCUT2D eigenvalue weighted by atomic mass is 32.2. The molecule has 1 amide bonds. The number of hydrogen-bond acceptors (Lipinski definition) is 4. The van der Waals surface area contributed by atoms with Crippen molar-refractivity contribution in [1.82, 2.24) is 10.2 Å². The summed E-state index contributed by atoms with van der Waals surface area (Å²) in [5, 5.41) is 3.05. The van der Waals surface area contributed by atoms with Gasteiger partial charge in [-0.1, -0.05) is 42.5 Å². The molecule has 1 saturated heterocycles. The number of ether oxygens (including phenoxy) is 1. The van der Waals surface area contributed by atoms with Crippen LogP contribution in [0.1, 0.15) is 18.0 Å². The molecule has 4 nitrogen and oxygen atoms in total. The molecule has 0 spiro atoms. The minimum absolute atomic E-state index is 0.00645. The lowest BCUT2D eigenvalue weighted by molar-refractivity contribution is -0.121. The second-order valence-electron chi connectivity index (χ2n) is 6.41. The Balaban J connectivity index is 1.50. The molecule has 1 N–H and O–H groups in total. The Morgan fingerprint density at radius 2 is 1.81 bits per heavy atom. The summed E-state index contributed by atoms with van der Waals surface area (Å²) in [7, 11) is 0. The van der Waals surface area contributed by atoms with E-state index in [1.807, 2.05) is 18.2 Å². The highest BCUT2D eigenvalue weighted by Gasteiger charge is 2.22. The summed E-state index contributed by atoms with van der Waals surface area (Å²) >= 11 is 1.37. The van der Waals surface area contributed by atoms with Crippen molar-refractivity contribution in [2.45, 2.75) is 17.4 Å². The van der Waals surface area contributed by atoms with Gasteiger partial charge in [-0.2, -0.15) is 0 Å². The molecule has 0 aromatic heterocycles. The van der Waals surface area contributed by atoms with Crippen molar-refractivity contribution in [3.63, 3.8) is 0 Å². The normalized spacial score (nSPS) is 16.0. The molecular formula is C21H25FN2O2S. The van der Waals surface area contributed by atoms with E-state index in [1.165, 1.54) is 23.4 Å². The number of nitrogens with one attached hydrogen (secondary N) is 1. The highest BCUT2D eigenvalue weighted by molar-refractivity contribution is 7.99. The van der Waals surface area contributed by atoms with Gasteiger partial charge in [-0.05, 0) is 17.7 Å². The molecule has 1 aliphatic rings. The van der Waals surface area contributed by atoms with Crippen LogP contribution in [0.25, 0.3) is 0 Å². The monoisotopic (exact) mass is 388 g/mol. The van der Waals surface area contributed by atoms with E-state index >= 15 is 0 Å². The Hall–Kier alpha value is -1.89. The van der Waals surface area contributed by atoms with Crippen molar-refractivity contribution in [3.8, 4) is 0 Å². The molecule has 0 saturated carbocycles. The maximum absolute atomic E-state index is 13.6. The van der Waals surface area contributed by atoms with Crippen molar-refractivity contribution in [3.05, 3.63) is 66.0 Å². The number of thioether (sulfide) groups is 1. The fourth-order valence-electron chi connectivity index (χ4n) is 3.14. The number of hydrogen-bond donors (Lipinski definition) is 1. The van der Waals surface area contributed by atoms with E-state index in [2.05, 4.69) is 22.3 Å². The fourth-order valence-corrected chi connectivity index (χ4v) is 4.02. The largest absolute Gasteiger partial charge is 0.379 e. The average Bonchev–Trinajstić information content (AvgIpc) is 2.71. The van der Waals surface area contributed by atoms with Crippen LogP contribution >= 0.6 is 11.8 Å². The second-order valence-corrected chi connectivity index (χ2v) is 7.54. The minimum atomic E-state index is -0.237. The predicted octanol–water partition coefficient (Wildman–Crippen LogP) is 3.50. The van der Waals surface area contributed by atoms with Crippen LogP contribution in [0.2, 0.25) is 0 Å². The number of benzene rings is 2. The number of nitrogens with zero attached hydrogens (tertiary/aromatic N) is 1. The lowest BCUT2D eigenvalue weighted by Crippen LogP contribution is -2.43. The maximum atomic E-state index is 13.6. The van der Waals surface area contributed by atoms with Gasteiger partial charge in [0.2, 0.25) is 5.91 Å². The van der Waals surface area contributed by atoms with Crippen molar-refractivity contribution in [2.24, 2.45) is 0 Å². The summed E-state index contributed by atoms with van der Waals surface area (Å²) in [5.74, 6) is 0.313. The van der Waals surface area contributed by atoms with Gasteiger partial charge >= 0.3 is 0 Å². The van der Waals surface area contributed by atoms with E-state index in [9.17, 15) is 9.18 Å². The average molecular weight is 389 g/mol. The number of halogens is 1. The molecule has 1 atom stereocenters. The quantitative estimate of drug-likeness (QED) is 0.703. The fraction of sp³-hybridized carbons (Fsp3) is 0.381. The first-order chi connectivity index (χ1) is 13.2. The van der Waals surface area contributed by atoms with E-state index in [4.69, 9.17) is 4.74 Å². The number of amides is 1. The molecule has 2 aromatic rings. The zero-order chi connectivity index (χ0) is 18.9. The molecule has 1 aliphatic heterocycles. The van der Waals surface area contributed by atoms with Gasteiger partial charge in [0, 0.05) is 36.7 Å². The Morgan fingerprint density at radius 3 is 2.56 bits per heavy atom. The summed E-state index contributed by atoms with van der Waals surface area (Å²) in [5.41, 5.74) is 1.19. The van der Waals surface area contributed by atoms with E-state index in [-0.39, 0.29) is 17.8 Å². The van der Waals surface area contributed by atoms with Gasteiger partial charge < -0.3 is 10.1 Å². The summed E-state index contributed by atoms with van der Waals surface area (Å²) in [4.78, 5) is 15.2. The molecule has 0 aliphatic carbocycles. The molecule has 144 valence electrons. The molecular weight excluding hydrogens is 363 g/mol. The molecule has 1 heterocycles. The van der Waals surface area contributed by atoms with E-state index in [0.717, 1.165) is 26.3 Å². The van der Waals surface area contributed by atoms with Crippen molar-refractivity contribution in [1.29, 1.82) is 0 Å². The lowest BCUT2D eigenvalue weighted by atomic mass is 10.0. The van der Waals surface area contributed by atoms with Crippen LogP contribution < -0.4 is 5.32 Å². The third-order valence-electron chi connectivity index (χ3n) is 4.59.